The van der Waals surface area contributed by atoms with Crippen LogP contribution in [0.2, 0.25) is 0 Å². The second-order valence-corrected chi connectivity index (χ2v) is 5.92. The van der Waals surface area contributed by atoms with Gasteiger partial charge in [0.15, 0.2) is 0 Å². The van der Waals surface area contributed by atoms with E-state index >= 15 is 0 Å². The molecule has 2 amide bonds. The Hall–Kier alpha value is -0.580. The lowest BCUT2D eigenvalue weighted by atomic mass is 9.86. The number of carbonyl (C=O) groups is 2. The molecule has 0 spiro atoms. The summed E-state index contributed by atoms with van der Waals surface area (Å²) in [6.45, 7) is 0.720. The van der Waals surface area contributed by atoms with E-state index in [1.165, 1.54) is 37.0 Å². The third-order valence-corrected chi connectivity index (χ3v) is 4.33. The summed E-state index contributed by atoms with van der Waals surface area (Å²) in [5.74, 6) is 0.480. The number of ether oxygens (including phenoxy) is 1. The molecule has 0 bridgehead atoms. The lowest BCUT2D eigenvalue weighted by Crippen LogP contribution is -2.38. The van der Waals surface area contributed by atoms with Gasteiger partial charge in [0.1, 0.15) is 6.61 Å². The zero-order chi connectivity index (χ0) is 12.3. The first-order valence-electron chi connectivity index (χ1n) is 6.30. The second kappa shape index (κ2) is 5.85. The Balaban J connectivity index is 1.83. The predicted octanol–water partition coefficient (Wildman–Crippen LogP) is 2.70. The molecule has 1 saturated heterocycles. The number of halogens is 1. The summed E-state index contributed by atoms with van der Waals surface area (Å²) in [6, 6.07) is 0. The average Bonchev–Trinajstić information content (AvgIpc) is 2.76. The van der Waals surface area contributed by atoms with E-state index in [4.69, 9.17) is 4.74 Å². The summed E-state index contributed by atoms with van der Waals surface area (Å²) in [5, 5.41) is 0. The third-order valence-electron chi connectivity index (χ3n) is 3.56. The van der Waals surface area contributed by atoms with Crippen molar-refractivity contribution in [2.24, 2.45) is 5.92 Å². The number of cyclic esters (lactones) is 1. The lowest BCUT2D eigenvalue weighted by molar-refractivity contribution is -0.127. The van der Waals surface area contributed by atoms with E-state index in [1.54, 1.807) is 0 Å². The van der Waals surface area contributed by atoms with Gasteiger partial charge in [-0.2, -0.15) is 0 Å². The van der Waals surface area contributed by atoms with Gasteiger partial charge in [0, 0.05) is 0 Å². The molecular weight excluding hydrogens is 286 g/mol. The molecule has 2 fully saturated rings. The van der Waals surface area contributed by atoms with Crippen molar-refractivity contribution in [3.63, 3.8) is 0 Å². The largest absolute Gasteiger partial charge is 0.447 e. The topological polar surface area (TPSA) is 46.6 Å². The van der Waals surface area contributed by atoms with Crippen molar-refractivity contribution in [1.82, 2.24) is 4.90 Å². The zero-order valence-electron chi connectivity index (χ0n) is 9.86. The predicted molar refractivity (Wildman–Crippen MR) is 67.0 cm³/mol. The van der Waals surface area contributed by atoms with Crippen LogP contribution in [0.25, 0.3) is 0 Å². The van der Waals surface area contributed by atoms with E-state index in [0.29, 0.717) is 19.1 Å². The highest BCUT2D eigenvalue weighted by atomic mass is 79.9. The Bertz CT molecular complexity index is 302. The molecule has 96 valence electrons. The van der Waals surface area contributed by atoms with E-state index in [0.717, 1.165) is 6.42 Å². The highest BCUT2D eigenvalue weighted by Gasteiger charge is 2.33. The number of rotatable bonds is 3. The Morgan fingerprint density at radius 3 is 2.71 bits per heavy atom. The van der Waals surface area contributed by atoms with E-state index < -0.39 is 6.09 Å². The van der Waals surface area contributed by atoms with E-state index in [1.807, 2.05) is 0 Å². The van der Waals surface area contributed by atoms with Gasteiger partial charge >= 0.3 is 6.09 Å². The van der Waals surface area contributed by atoms with Gasteiger partial charge in [0.2, 0.25) is 5.91 Å². The number of alkyl halides is 1. The Labute approximate surface area is 110 Å². The first-order valence-corrected chi connectivity index (χ1v) is 7.22. The van der Waals surface area contributed by atoms with Gasteiger partial charge in [-0.15, -0.1) is 0 Å². The molecule has 2 aliphatic rings. The zero-order valence-corrected chi connectivity index (χ0v) is 11.4. The van der Waals surface area contributed by atoms with E-state index in [2.05, 4.69) is 15.9 Å². The highest BCUT2D eigenvalue weighted by molar-refractivity contribution is 9.10. The molecule has 1 saturated carbocycles. The van der Waals surface area contributed by atoms with Crippen LogP contribution >= 0.6 is 15.9 Å². The van der Waals surface area contributed by atoms with Crippen LogP contribution in [0, 0.1) is 5.92 Å². The first kappa shape index (κ1) is 12.9. The van der Waals surface area contributed by atoms with Gasteiger partial charge in [-0.1, -0.05) is 48.0 Å². The lowest BCUT2D eigenvalue weighted by Gasteiger charge is -2.24. The fourth-order valence-electron chi connectivity index (χ4n) is 2.58. The molecule has 1 heterocycles. The minimum absolute atomic E-state index is 0.141. The van der Waals surface area contributed by atoms with Crippen molar-refractivity contribution in [2.45, 2.75) is 43.4 Å². The van der Waals surface area contributed by atoms with Crippen molar-refractivity contribution >= 4 is 27.9 Å². The molecule has 0 N–H and O–H groups in total. The van der Waals surface area contributed by atoms with Crippen LogP contribution < -0.4 is 0 Å². The monoisotopic (exact) mass is 303 g/mol. The highest BCUT2D eigenvalue weighted by Crippen LogP contribution is 2.30. The molecule has 0 radical (unpaired) electrons. The number of hydrogen-bond donors (Lipinski definition) is 0. The minimum atomic E-state index is -0.497. The van der Waals surface area contributed by atoms with Gasteiger partial charge in [0.25, 0.3) is 0 Å². The maximum atomic E-state index is 12.0. The normalized spacial score (nSPS) is 23.6. The molecular formula is C12H18BrNO3. The maximum absolute atomic E-state index is 12.0. The van der Waals surface area contributed by atoms with Crippen LogP contribution in [0.15, 0.2) is 0 Å². The van der Waals surface area contributed by atoms with Crippen molar-refractivity contribution in [2.75, 3.05) is 13.2 Å². The molecule has 1 atom stereocenters. The fourth-order valence-corrected chi connectivity index (χ4v) is 3.35. The molecule has 17 heavy (non-hydrogen) atoms. The van der Waals surface area contributed by atoms with E-state index in [-0.39, 0.29) is 10.7 Å². The van der Waals surface area contributed by atoms with Gasteiger partial charge in [-0.25, -0.2) is 9.69 Å². The van der Waals surface area contributed by atoms with Gasteiger partial charge < -0.3 is 4.74 Å². The molecule has 4 nitrogen and oxygen atoms in total. The van der Waals surface area contributed by atoms with Crippen LogP contribution in [0.3, 0.4) is 0 Å². The number of nitrogens with zero attached hydrogens (tertiary/aromatic N) is 1. The number of amides is 2. The molecule has 0 aromatic heterocycles. The van der Waals surface area contributed by atoms with Crippen LogP contribution in [-0.2, 0) is 9.53 Å². The summed E-state index contributed by atoms with van der Waals surface area (Å²) in [6.07, 6.45) is 6.61. The van der Waals surface area contributed by atoms with Gasteiger partial charge in [-0.3, -0.25) is 4.79 Å². The molecule has 0 aromatic rings. The molecule has 0 aromatic carbocycles. The summed E-state index contributed by atoms with van der Waals surface area (Å²) >= 11 is 3.42. The van der Waals surface area contributed by atoms with Crippen LogP contribution in [0.1, 0.15) is 38.5 Å². The first-order chi connectivity index (χ1) is 8.18. The second-order valence-electron chi connectivity index (χ2n) is 4.81. The Kier molecular flexibility index (Phi) is 4.42. The van der Waals surface area contributed by atoms with E-state index in [9.17, 15) is 9.59 Å². The average molecular weight is 304 g/mol. The SMILES string of the molecule is O=C1OCCN1C(=O)C(Br)CC1CCCCC1. The summed E-state index contributed by atoms with van der Waals surface area (Å²) in [7, 11) is 0. The van der Waals surface area contributed by atoms with Crippen LogP contribution in [-0.4, -0.2) is 34.9 Å². The summed E-state index contributed by atoms with van der Waals surface area (Å²) < 4.78 is 4.77. The summed E-state index contributed by atoms with van der Waals surface area (Å²) in [5.41, 5.74) is 0. The molecule has 1 aliphatic carbocycles. The smallest absolute Gasteiger partial charge is 0.416 e. The summed E-state index contributed by atoms with van der Waals surface area (Å²) in [4.78, 5) is 24.3. The van der Waals surface area contributed by atoms with Crippen LogP contribution in [0.4, 0.5) is 4.79 Å². The van der Waals surface area contributed by atoms with Gasteiger partial charge in [0.05, 0.1) is 11.4 Å². The number of carbonyl (C=O) groups excluding carboxylic acids is 2. The van der Waals surface area contributed by atoms with Gasteiger partial charge in [-0.05, 0) is 12.3 Å². The van der Waals surface area contributed by atoms with Crippen molar-refractivity contribution < 1.29 is 14.3 Å². The molecule has 1 unspecified atom stereocenters. The van der Waals surface area contributed by atoms with Crippen LogP contribution in [0.5, 0.6) is 0 Å². The minimum Gasteiger partial charge on any atom is -0.447 e. The fraction of sp³-hybridized carbons (Fsp3) is 0.833. The Morgan fingerprint density at radius 1 is 1.41 bits per heavy atom. The van der Waals surface area contributed by atoms with Crippen molar-refractivity contribution in [3.05, 3.63) is 0 Å². The number of hydrogen-bond acceptors (Lipinski definition) is 3. The Morgan fingerprint density at radius 2 is 2.12 bits per heavy atom. The quantitative estimate of drug-likeness (QED) is 0.753. The third kappa shape index (κ3) is 3.21. The molecule has 2 rings (SSSR count). The van der Waals surface area contributed by atoms with Crippen molar-refractivity contribution in [1.29, 1.82) is 0 Å². The van der Waals surface area contributed by atoms with Crippen molar-refractivity contribution in [3.8, 4) is 0 Å². The maximum Gasteiger partial charge on any atom is 0.416 e. The molecule has 5 heteroatoms. The standard InChI is InChI=1S/C12H18BrNO3/c13-10(8-9-4-2-1-3-5-9)11(15)14-6-7-17-12(14)16/h9-10H,1-8H2. The number of imide groups is 1. The molecule has 1 aliphatic heterocycles.